The molecule has 0 spiro atoms. The number of aromatic nitrogens is 2. The molecule has 2 heterocycles. The van der Waals surface area contributed by atoms with Gasteiger partial charge >= 0.3 is 0 Å². The van der Waals surface area contributed by atoms with Gasteiger partial charge in [-0.3, -0.25) is 0 Å². The zero-order valence-corrected chi connectivity index (χ0v) is 10.0. The number of rotatable bonds is 3. The first-order valence-corrected chi connectivity index (χ1v) is 5.59. The van der Waals surface area contributed by atoms with Crippen LogP contribution in [0.4, 0.5) is 0 Å². The molecule has 0 aliphatic rings. The van der Waals surface area contributed by atoms with Gasteiger partial charge in [0.15, 0.2) is 5.82 Å². The fraction of sp³-hybridized carbons (Fsp3) is 0.333. The van der Waals surface area contributed by atoms with Gasteiger partial charge in [-0.1, -0.05) is 25.4 Å². The van der Waals surface area contributed by atoms with E-state index in [2.05, 4.69) is 23.8 Å². The minimum atomic E-state index is 0.474. The van der Waals surface area contributed by atoms with Crippen molar-refractivity contribution >= 4 is 11.6 Å². The van der Waals surface area contributed by atoms with E-state index in [-0.39, 0.29) is 0 Å². The fourth-order valence-corrected chi connectivity index (χ4v) is 1.71. The average Bonchev–Trinajstić information content (AvgIpc) is 2.67. The van der Waals surface area contributed by atoms with E-state index >= 15 is 0 Å². The van der Waals surface area contributed by atoms with Crippen LogP contribution in [-0.2, 0) is 6.42 Å². The van der Waals surface area contributed by atoms with Crippen LogP contribution < -0.4 is 0 Å². The van der Waals surface area contributed by atoms with Crippen molar-refractivity contribution in [2.75, 3.05) is 0 Å². The first-order chi connectivity index (χ1) is 7.65. The van der Waals surface area contributed by atoms with Crippen molar-refractivity contribution in [3.05, 3.63) is 35.5 Å². The minimum absolute atomic E-state index is 0.474. The molecule has 2 aromatic rings. The van der Waals surface area contributed by atoms with Crippen molar-refractivity contribution in [2.24, 2.45) is 5.92 Å². The van der Waals surface area contributed by atoms with Gasteiger partial charge in [0.1, 0.15) is 11.4 Å². The highest BCUT2D eigenvalue weighted by atomic mass is 35.5. The molecule has 0 atom stereocenters. The molecule has 0 aromatic carbocycles. The average molecular weight is 237 g/mol. The quantitative estimate of drug-likeness (QED) is 0.765. The molecular formula is C12H13ClN2O. The van der Waals surface area contributed by atoms with Crippen LogP contribution in [0.2, 0.25) is 5.15 Å². The molecule has 84 valence electrons. The van der Waals surface area contributed by atoms with E-state index in [0.29, 0.717) is 16.9 Å². The molecule has 0 bridgehead atoms. The van der Waals surface area contributed by atoms with Crippen LogP contribution in [0.15, 0.2) is 29.1 Å². The van der Waals surface area contributed by atoms with Gasteiger partial charge in [0.25, 0.3) is 0 Å². The molecule has 0 saturated heterocycles. The molecule has 0 radical (unpaired) electrons. The van der Waals surface area contributed by atoms with E-state index in [9.17, 15) is 0 Å². The van der Waals surface area contributed by atoms with Crippen molar-refractivity contribution < 1.29 is 4.42 Å². The molecule has 2 rings (SSSR count). The van der Waals surface area contributed by atoms with Crippen LogP contribution in [0.1, 0.15) is 19.5 Å². The normalized spacial score (nSPS) is 11.0. The van der Waals surface area contributed by atoms with Gasteiger partial charge in [0.2, 0.25) is 0 Å². The van der Waals surface area contributed by atoms with Crippen LogP contribution >= 0.6 is 11.6 Å². The highest BCUT2D eigenvalue weighted by molar-refractivity contribution is 6.29. The smallest absolute Gasteiger partial charge is 0.164 e. The van der Waals surface area contributed by atoms with E-state index in [0.717, 1.165) is 17.7 Å². The Balaban J connectivity index is 2.36. The molecule has 3 nitrogen and oxygen atoms in total. The number of hydrogen-bond acceptors (Lipinski definition) is 3. The monoisotopic (exact) mass is 236 g/mol. The highest BCUT2D eigenvalue weighted by Crippen LogP contribution is 2.19. The predicted molar refractivity (Wildman–Crippen MR) is 63.3 cm³/mol. The Kier molecular flexibility index (Phi) is 3.25. The van der Waals surface area contributed by atoms with Crippen LogP contribution in [0.3, 0.4) is 0 Å². The lowest BCUT2D eigenvalue weighted by molar-refractivity contribution is 0.568. The molecule has 4 heteroatoms. The van der Waals surface area contributed by atoms with E-state index < -0.39 is 0 Å². The Morgan fingerprint density at radius 2 is 2.19 bits per heavy atom. The maximum atomic E-state index is 5.97. The second-order valence-electron chi connectivity index (χ2n) is 4.12. The predicted octanol–water partition coefficient (Wildman–Crippen LogP) is 3.59. The Morgan fingerprint density at radius 1 is 1.38 bits per heavy atom. The van der Waals surface area contributed by atoms with Crippen molar-refractivity contribution in [3.8, 4) is 11.4 Å². The number of nitrogens with zero attached hydrogens (tertiary/aromatic N) is 2. The van der Waals surface area contributed by atoms with Crippen LogP contribution in [-0.4, -0.2) is 9.97 Å². The topological polar surface area (TPSA) is 38.9 Å². The number of hydrogen-bond donors (Lipinski definition) is 0. The van der Waals surface area contributed by atoms with Gasteiger partial charge in [-0.05, 0) is 24.5 Å². The summed E-state index contributed by atoms with van der Waals surface area (Å²) in [5, 5.41) is 0.474. The first-order valence-electron chi connectivity index (χ1n) is 5.21. The summed E-state index contributed by atoms with van der Waals surface area (Å²) in [6.07, 6.45) is 4.11. The summed E-state index contributed by atoms with van der Waals surface area (Å²) in [5.74, 6) is 1.17. The second kappa shape index (κ2) is 4.66. The van der Waals surface area contributed by atoms with Crippen molar-refractivity contribution in [3.63, 3.8) is 0 Å². The van der Waals surface area contributed by atoms with Gasteiger partial charge in [-0.2, -0.15) is 0 Å². The van der Waals surface area contributed by atoms with E-state index in [4.69, 9.17) is 16.0 Å². The molecule has 0 aliphatic heterocycles. The lowest BCUT2D eigenvalue weighted by Gasteiger charge is -2.05. The summed E-state index contributed by atoms with van der Waals surface area (Å²) in [5.41, 5.74) is 1.82. The molecule has 0 fully saturated rings. The molecule has 0 saturated carbocycles. The third kappa shape index (κ3) is 2.61. The second-order valence-corrected chi connectivity index (χ2v) is 4.50. The molecule has 2 aromatic heterocycles. The zero-order chi connectivity index (χ0) is 11.5. The van der Waals surface area contributed by atoms with Crippen molar-refractivity contribution in [1.29, 1.82) is 0 Å². The Labute approximate surface area is 99.5 Å². The molecule has 0 amide bonds. The van der Waals surface area contributed by atoms with Gasteiger partial charge in [0, 0.05) is 5.69 Å². The van der Waals surface area contributed by atoms with E-state index in [1.54, 1.807) is 12.5 Å². The summed E-state index contributed by atoms with van der Waals surface area (Å²) in [7, 11) is 0. The summed E-state index contributed by atoms with van der Waals surface area (Å²) in [6, 6.07) is 3.63. The van der Waals surface area contributed by atoms with Crippen molar-refractivity contribution in [1.82, 2.24) is 9.97 Å². The summed E-state index contributed by atoms with van der Waals surface area (Å²) in [4.78, 5) is 8.64. The summed E-state index contributed by atoms with van der Waals surface area (Å²) < 4.78 is 5.01. The van der Waals surface area contributed by atoms with Crippen LogP contribution in [0.5, 0.6) is 0 Å². The van der Waals surface area contributed by atoms with Crippen LogP contribution in [0.25, 0.3) is 11.4 Å². The molecule has 0 aliphatic carbocycles. The SMILES string of the molecule is CC(C)Cc1cc(Cl)nc(-c2ccoc2)n1. The highest BCUT2D eigenvalue weighted by Gasteiger charge is 2.08. The summed E-state index contributed by atoms with van der Waals surface area (Å²) >= 11 is 5.97. The third-order valence-corrected chi connectivity index (χ3v) is 2.34. The molecule has 0 N–H and O–H groups in total. The first kappa shape index (κ1) is 11.1. The lowest BCUT2D eigenvalue weighted by atomic mass is 10.1. The van der Waals surface area contributed by atoms with Gasteiger partial charge in [0.05, 0.1) is 11.8 Å². The zero-order valence-electron chi connectivity index (χ0n) is 9.27. The van der Waals surface area contributed by atoms with E-state index in [1.807, 2.05) is 12.1 Å². The summed E-state index contributed by atoms with van der Waals surface area (Å²) in [6.45, 7) is 4.29. The maximum Gasteiger partial charge on any atom is 0.164 e. The Bertz CT molecular complexity index is 466. The van der Waals surface area contributed by atoms with Crippen molar-refractivity contribution in [2.45, 2.75) is 20.3 Å². The Hall–Kier alpha value is -1.35. The molecular weight excluding hydrogens is 224 g/mol. The van der Waals surface area contributed by atoms with Gasteiger partial charge in [-0.25, -0.2) is 9.97 Å². The molecule has 0 unspecified atom stereocenters. The van der Waals surface area contributed by atoms with Gasteiger partial charge < -0.3 is 4.42 Å². The molecule has 16 heavy (non-hydrogen) atoms. The van der Waals surface area contributed by atoms with E-state index in [1.165, 1.54) is 0 Å². The maximum absolute atomic E-state index is 5.97. The standard InChI is InChI=1S/C12H13ClN2O/c1-8(2)5-10-6-11(13)15-12(14-10)9-3-4-16-7-9/h3-4,6-8H,5H2,1-2H3. The number of halogens is 1. The largest absolute Gasteiger partial charge is 0.472 e. The Morgan fingerprint density at radius 3 is 2.81 bits per heavy atom. The van der Waals surface area contributed by atoms with Crippen LogP contribution in [0, 0.1) is 5.92 Å². The minimum Gasteiger partial charge on any atom is -0.472 e. The fourth-order valence-electron chi connectivity index (χ4n) is 1.51. The third-order valence-electron chi connectivity index (χ3n) is 2.14. The lowest BCUT2D eigenvalue weighted by Crippen LogP contribution is -2.00. The van der Waals surface area contributed by atoms with Gasteiger partial charge in [-0.15, -0.1) is 0 Å². The number of furan rings is 1.